The molecule has 4 unspecified atom stereocenters. The van der Waals surface area contributed by atoms with Gasteiger partial charge in [0.05, 0.1) is 6.04 Å². The molecule has 1 rings (SSSR count). The minimum atomic E-state index is -1.29. The molecule has 0 spiro atoms. The molecule has 0 aromatic carbocycles. The number of carbonyl (C=O) groups is 5. The van der Waals surface area contributed by atoms with Gasteiger partial charge in [0.15, 0.2) is 0 Å². The van der Waals surface area contributed by atoms with Gasteiger partial charge in [0, 0.05) is 13.0 Å². The molecule has 1 fully saturated rings. The van der Waals surface area contributed by atoms with Crippen LogP contribution in [0.5, 0.6) is 0 Å². The molecule has 188 valence electrons. The summed E-state index contributed by atoms with van der Waals surface area (Å²) < 4.78 is 0. The standard InChI is InChI=1S/C21H37N5O6S/c1-12(2)11-13(22)18(28)24-14(8-10-33-3)20(30)26-9-4-5-16(26)19(29)25-15(21(31)32)6-7-17(23)27/h12-16H,4-11,22H2,1-3H3,(H2,23,27)(H,24,28)(H,25,29)(H,31,32). The normalized spacial score (nSPS) is 18.5. The van der Waals surface area contributed by atoms with Gasteiger partial charge >= 0.3 is 5.97 Å². The first-order valence-electron chi connectivity index (χ1n) is 11.1. The molecule has 1 aliphatic heterocycles. The van der Waals surface area contributed by atoms with Crippen LogP contribution in [0.25, 0.3) is 0 Å². The number of primary amides is 1. The highest BCUT2D eigenvalue weighted by Crippen LogP contribution is 2.20. The van der Waals surface area contributed by atoms with Crippen molar-refractivity contribution in [2.24, 2.45) is 17.4 Å². The molecule has 11 nitrogen and oxygen atoms in total. The van der Waals surface area contributed by atoms with Crippen LogP contribution in [0.3, 0.4) is 0 Å². The summed E-state index contributed by atoms with van der Waals surface area (Å²) >= 11 is 1.53. The monoisotopic (exact) mass is 487 g/mol. The molecule has 1 aliphatic rings. The molecule has 1 saturated heterocycles. The lowest BCUT2D eigenvalue weighted by Crippen LogP contribution is -2.57. The maximum atomic E-state index is 13.3. The summed E-state index contributed by atoms with van der Waals surface area (Å²) in [5.74, 6) is -2.54. The Morgan fingerprint density at radius 1 is 1.12 bits per heavy atom. The fourth-order valence-electron chi connectivity index (χ4n) is 3.70. The lowest BCUT2D eigenvalue weighted by molar-refractivity contribution is -0.145. The van der Waals surface area contributed by atoms with E-state index in [9.17, 15) is 29.1 Å². The number of likely N-dealkylation sites (tertiary alicyclic amines) is 1. The number of hydrogen-bond donors (Lipinski definition) is 5. The number of nitrogens with one attached hydrogen (secondary N) is 2. The van der Waals surface area contributed by atoms with E-state index in [4.69, 9.17) is 11.5 Å². The summed E-state index contributed by atoms with van der Waals surface area (Å²) in [6.07, 6.45) is 3.35. The number of rotatable bonds is 14. The molecule has 1 heterocycles. The van der Waals surface area contributed by atoms with Crippen molar-refractivity contribution in [2.45, 2.75) is 76.5 Å². The van der Waals surface area contributed by atoms with Gasteiger partial charge in [-0.15, -0.1) is 0 Å². The van der Waals surface area contributed by atoms with E-state index < -0.39 is 53.8 Å². The highest BCUT2D eigenvalue weighted by molar-refractivity contribution is 7.98. The zero-order valence-corrected chi connectivity index (χ0v) is 20.4. The second-order valence-electron chi connectivity index (χ2n) is 8.67. The highest BCUT2D eigenvalue weighted by Gasteiger charge is 2.39. The Hall–Kier alpha value is -2.34. The topological polar surface area (TPSA) is 185 Å². The molecular formula is C21H37N5O6S. The average molecular weight is 488 g/mol. The Kier molecular flexibility index (Phi) is 12.2. The van der Waals surface area contributed by atoms with Gasteiger partial charge in [-0.1, -0.05) is 13.8 Å². The van der Waals surface area contributed by atoms with Crippen LogP contribution in [0, 0.1) is 5.92 Å². The van der Waals surface area contributed by atoms with Gasteiger partial charge < -0.3 is 32.1 Å². The van der Waals surface area contributed by atoms with E-state index in [2.05, 4.69) is 10.6 Å². The molecule has 4 amide bonds. The quantitative estimate of drug-likeness (QED) is 0.215. The largest absolute Gasteiger partial charge is 0.480 e. The smallest absolute Gasteiger partial charge is 0.326 e. The van der Waals surface area contributed by atoms with E-state index in [-0.39, 0.29) is 18.8 Å². The lowest BCUT2D eigenvalue weighted by Gasteiger charge is -2.30. The zero-order chi connectivity index (χ0) is 25.1. The van der Waals surface area contributed by atoms with E-state index in [1.165, 1.54) is 16.7 Å². The average Bonchev–Trinajstić information content (AvgIpc) is 3.22. The second kappa shape index (κ2) is 14.0. The molecule has 0 aromatic heterocycles. The molecule has 0 saturated carbocycles. The van der Waals surface area contributed by atoms with Crippen LogP contribution in [0.2, 0.25) is 0 Å². The van der Waals surface area contributed by atoms with Crippen molar-refractivity contribution in [3.8, 4) is 0 Å². The summed E-state index contributed by atoms with van der Waals surface area (Å²) in [4.78, 5) is 62.5. The van der Waals surface area contributed by atoms with Crippen molar-refractivity contribution in [1.29, 1.82) is 0 Å². The van der Waals surface area contributed by atoms with E-state index in [0.717, 1.165) is 0 Å². The Bertz CT molecular complexity index is 719. The Labute approximate surface area is 198 Å². The third-order valence-corrected chi connectivity index (χ3v) is 6.06. The minimum Gasteiger partial charge on any atom is -0.480 e. The van der Waals surface area contributed by atoms with Crippen molar-refractivity contribution >= 4 is 41.4 Å². The lowest BCUT2D eigenvalue weighted by atomic mass is 10.0. The van der Waals surface area contributed by atoms with Gasteiger partial charge in [-0.2, -0.15) is 11.8 Å². The van der Waals surface area contributed by atoms with E-state index in [0.29, 0.717) is 38.0 Å². The zero-order valence-electron chi connectivity index (χ0n) is 19.5. The summed E-state index contributed by atoms with van der Waals surface area (Å²) in [6, 6.07) is -3.72. The van der Waals surface area contributed by atoms with Gasteiger partial charge in [-0.25, -0.2) is 4.79 Å². The number of hydrogen-bond acceptors (Lipinski definition) is 7. The maximum absolute atomic E-state index is 13.3. The summed E-state index contributed by atoms with van der Waals surface area (Å²) in [6.45, 7) is 4.22. The second-order valence-corrected chi connectivity index (χ2v) is 9.66. The number of nitrogens with two attached hydrogens (primary N) is 2. The number of carboxylic acids is 1. The SMILES string of the molecule is CSCCC(NC(=O)C(N)CC(C)C)C(=O)N1CCCC1C(=O)NC(CCC(N)=O)C(=O)O. The first-order chi connectivity index (χ1) is 15.5. The summed E-state index contributed by atoms with van der Waals surface area (Å²) in [5.41, 5.74) is 11.0. The number of amides is 4. The third kappa shape index (κ3) is 9.58. The van der Waals surface area contributed by atoms with E-state index in [1.807, 2.05) is 20.1 Å². The van der Waals surface area contributed by atoms with E-state index in [1.54, 1.807) is 0 Å². The molecule has 0 aromatic rings. The van der Waals surface area contributed by atoms with Gasteiger partial charge in [0.1, 0.15) is 18.1 Å². The minimum absolute atomic E-state index is 0.142. The van der Waals surface area contributed by atoms with Crippen LogP contribution in [0.15, 0.2) is 0 Å². The first kappa shape index (κ1) is 28.7. The molecule has 12 heteroatoms. The maximum Gasteiger partial charge on any atom is 0.326 e. The molecule has 0 aliphatic carbocycles. The van der Waals surface area contributed by atoms with Crippen LogP contribution in [0.4, 0.5) is 0 Å². The molecule has 4 atom stereocenters. The predicted molar refractivity (Wildman–Crippen MR) is 125 cm³/mol. The molecule has 33 heavy (non-hydrogen) atoms. The van der Waals surface area contributed by atoms with Crippen LogP contribution in [-0.4, -0.2) is 82.3 Å². The van der Waals surface area contributed by atoms with Crippen molar-refractivity contribution in [3.05, 3.63) is 0 Å². The van der Waals surface area contributed by atoms with Gasteiger partial charge in [-0.3, -0.25) is 19.2 Å². The number of carbonyl (C=O) groups excluding carboxylic acids is 4. The fourth-order valence-corrected chi connectivity index (χ4v) is 4.17. The van der Waals surface area contributed by atoms with E-state index >= 15 is 0 Å². The summed E-state index contributed by atoms with van der Waals surface area (Å²) in [7, 11) is 0. The van der Waals surface area contributed by atoms with Gasteiger partial charge in [-0.05, 0) is 50.0 Å². The first-order valence-corrected chi connectivity index (χ1v) is 12.5. The van der Waals surface area contributed by atoms with Crippen LogP contribution >= 0.6 is 11.8 Å². The fraction of sp³-hybridized carbons (Fsp3) is 0.762. The van der Waals surface area contributed by atoms with Crippen LogP contribution in [0.1, 0.15) is 52.4 Å². The predicted octanol–water partition coefficient (Wildman–Crippen LogP) is -0.576. The van der Waals surface area contributed by atoms with Gasteiger partial charge in [0.2, 0.25) is 23.6 Å². The number of aliphatic carboxylic acids is 1. The molecular weight excluding hydrogens is 450 g/mol. The Balaban J connectivity index is 2.91. The van der Waals surface area contributed by atoms with Crippen molar-refractivity contribution in [2.75, 3.05) is 18.6 Å². The Morgan fingerprint density at radius 2 is 1.79 bits per heavy atom. The number of thioether (sulfide) groups is 1. The highest BCUT2D eigenvalue weighted by atomic mass is 32.2. The molecule has 0 radical (unpaired) electrons. The third-order valence-electron chi connectivity index (χ3n) is 5.42. The molecule has 0 bridgehead atoms. The van der Waals surface area contributed by atoms with Crippen molar-refractivity contribution in [1.82, 2.24) is 15.5 Å². The summed E-state index contributed by atoms with van der Waals surface area (Å²) in [5, 5.41) is 14.5. The Morgan fingerprint density at radius 3 is 2.33 bits per heavy atom. The number of nitrogens with zero attached hydrogens (tertiary/aromatic N) is 1. The molecule has 7 N–H and O–H groups in total. The van der Waals surface area contributed by atoms with Crippen LogP contribution in [-0.2, 0) is 24.0 Å². The van der Waals surface area contributed by atoms with Crippen molar-refractivity contribution < 1.29 is 29.1 Å². The van der Waals surface area contributed by atoms with Crippen LogP contribution < -0.4 is 22.1 Å². The van der Waals surface area contributed by atoms with Crippen molar-refractivity contribution in [3.63, 3.8) is 0 Å². The number of carboxylic acid groups (broad SMARTS) is 1. The van der Waals surface area contributed by atoms with Gasteiger partial charge in [0.25, 0.3) is 0 Å².